The Labute approximate surface area is 154 Å². The smallest absolute Gasteiger partial charge is 0.358 e. The molecule has 0 saturated carbocycles. The van der Waals surface area contributed by atoms with E-state index in [0.29, 0.717) is 30.0 Å². The van der Waals surface area contributed by atoms with E-state index in [9.17, 15) is 14.0 Å². The molecule has 8 heteroatoms. The first-order chi connectivity index (χ1) is 13.1. The molecule has 138 valence electrons. The highest BCUT2D eigenvalue weighted by molar-refractivity contribution is 5.92. The van der Waals surface area contributed by atoms with Crippen LogP contribution in [0.5, 0.6) is 0 Å². The van der Waals surface area contributed by atoms with Gasteiger partial charge in [-0.25, -0.2) is 18.7 Å². The van der Waals surface area contributed by atoms with Crippen molar-refractivity contribution in [3.63, 3.8) is 0 Å². The molecule has 3 aromatic rings. The van der Waals surface area contributed by atoms with E-state index < -0.39 is 17.8 Å². The maximum absolute atomic E-state index is 13.6. The lowest BCUT2D eigenvalue weighted by Gasteiger charge is -2.24. The summed E-state index contributed by atoms with van der Waals surface area (Å²) in [4.78, 5) is 30.5. The Balaban J connectivity index is 1.75. The summed E-state index contributed by atoms with van der Waals surface area (Å²) >= 11 is 0. The van der Waals surface area contributed by atoms with Crippen LogP contribution in [-0.4, -0.2) is 39.5 Å². The molecule has 7 nitrogen and oxygen atoms in total. The summed E-state index contributed by atoms with van der Waals surface area (Å²) in [6.45, 7) is 2.43. The molecule has 3 heterocycles. The van der Waals surface area contributed by atoms with Gasteiger partial charge in [0.2, 0.25) is 0 Å². The van der Waals surface area contributed by atoms with Crippen molar-refractivity contribution >= 4 is 23.2 Å². The number of Topliss-reactive ketones (excluding diaryl/α,β-unsaturated/α-hetero) is 1. The van der Waals surface area contributed by atoms with Crippen LogP contribution in [0.25, 0.3) is 5.65 Å². The van der Waals surface area contributed by atoms with Gasteiger partial charge in [-0.1, -0.05) is 12.1 Å². The standard InChI is InChI=1S/C19H17FN4O3/c1-2-27-19(26)14-11-21-16-6-7-17(22-24(14)16)23-9-8-15(25)18(23)12-4-3-5-13(20)10-12/h3-7,10-11,18H,2,8-9H2,1H3. The highest BCUT2D eigenvalue weighted by Gasteiger charge is 2.35. The van der Waals surface area contributed by atoms with Crippen LogP contribution < -0.4 is 4.90 Å². The largest absolute Gasteiger partial charge is 0.461 e. The van der Waals surface area contributed by atoms with Crippen molar-refractivity contribution in [2.24, 2.45) is 0 Å². The fourth-order valence-corrected chi connectivity index (χ4v) is 3.32. The molecule has 1 aromatic carbocycles. The van der Waals surface area contributed by atoms with E-state index in [1.54, 1.807) is 31.2 Å². The molecule has 1 unspecified atom stereocenters. The van der Waals surface area contributed by atoms with Gasteiger partial charge in [0, 0.05) is 13.0 Å². The van der Waals surface area contributed by atoms with E-state index in [2.05, 4.69) is 10.1 Å². The number of esters is 1. The first-order valence-corrected chi connectivity index (χ1v) is 8.65. The normalized spacial score (nSPS) is 16.9. The monoisotopic (exact) mass is 368 g/mol. The fraction of sp³-hybridized carbons (Fsp3) is 0.263. The van der Waals surface area contributed by atoms with Gasteiger partial charge < -0.3 is 9.64 Å². The van der Waals surface area contributed by atoms with Gasteiger partial charge in [-0.05, 0) is 36.8 Å². The minimum atomic E-state index is -0.611. The fourth-order valence-electron chi connectivity index (χ4n) is 3.32. The van der Waals surface area contributed by atoms with Crippen LogP contribution in [0, 0.1) is 5.82 Å². The van der Waals surface area contributed by atoms with E-state index in [1.165, 1.54) is 22.8 Å². The number of hydrogen-bond acceptors (Lipinski definition) is 6. The van der Waals surface area contributed by atoms with Crippen molar-refractivity contribution in [1.29, 1.82) is 0 Å². The van der Waals surface area contributed by atoms with E-state index in [0.717, 1.165) is 0 Å². The molecular formula is C19H17FN4O3. The van der Waals surface area contributed by atoms with Gasteiger partial charge in [-0.2, -0.15) is 0 Å². The molecule has 0 N–H and O–H groups in total. The van der Waals surface area contributed by atoms with Crippen LogP contribution in [-0.2, 0) is 9.53 Å². The second kappa shape index (κ2) is 6.79. The summed E-state index contributed by atoms with van der Waals surface area (Å²) < 4.78 is 20.1. The highest BCUT2D eigenvalue weighted by Crippen LogP contribution is 2.33. The molecule has 0 amide bonds. The third-order valence-corrected chi connectivity index (χ3v) is 4.51. The predicted molar refractivity (Wildman–Crippen MR) is 95.1 cm³/mol. The van der Waals surface area contributed by atoms with Gasteiger partial charge >= 0.3 is 5.97 Å². The first kappa shape index (κ1) is 17.1. The van der Waals surface area contributed by atoms with Gasteiger partial charge in [0.15, 0.2) is 22.9 Å². The third kappa shape index (κ3) is 3.03. The number of benzene rings is 1. The van der Waals surface area contributed by atoms with Crippen molar-refractivity contribution in [2.75, 3.05) is 18.1 Å². The van der Waals surface area contributed by atoms with E-state index in [4.69, 9.17) is 4.74 Å². The Morgan fingerprint density at radius 2 is 2.19 bits per heavy atom. The Morgan fingerprint density at radius 3 is 2.96 bits per heavy atom. The zero-order chi connectivity index (χ0) is 19.0. The van der Waals surface area contributed by atoms with E-state index >= 15 is 0 Å². The molecule has 27 heavy (non-hydrogen) atoms. The summed E-state index contributed by atoms with van der Waals surface area (Å²) in [6.07, 6.45) is 1.75. The van der Waals surface area contributed by atoms with Gasteiger partial charge in [-0.3, -0.25) is 4.79 Å². The van der Waals surface area contributed by atoms with Crippen molar-refractivity contribution in [3.8, 4) is 0 Å². The summed E-state index contributed by atoms with van der Waals surface area (Å²) in [5.41, 5.74) is 1.28. The van der Waals surface area contributed by atoms with Crippen LogP contribution in [0.2, 0.25) is 0 Å². The van der Waals surface area contributed by atoms with Crippen LogP contribution in [0.15, 0.2) is 42.6 Å². The van der Waals surface area contributed by atoms with Crippen LogP contribution >= 0.6 is 0 Å². The van der Waals surface area contributed by atoms with Crippen LogP contribution in [0.3, 0.4) is 0 Å². The van der Waals surface area contributed by atoms with Crippen LogP contribution in [0.4, 0.5) is 10.2 Å². The number of anilines is 1. The van der Waals surface area contributed by atoms with Gasteiger partial charge in [0.25, 0.3) is 0 Å². The molecule has 1 fully saturated rings. The SMILES string of the molecule is CCOC(=O)c1cnc2ccc(N3CCC(=O)C3c3cccc(F)c3)nn12. The number of aromatic nitrogens is 3. The number of ketones is 1. The van der Waals surface area contributed by atoms with Crippen molar-refractivity contribution in [1.82, 2.24) is 14.6 Å². The number of hydrogen-bond donors (Lipinski definition) is 0. The second-order valence-electron chi connectivity index (χ2n) is 6.19. The van der Waals surface area contributed by atoms with Crippen molar-refractivity contribution < 1.29 is 18.7 Å². The Hall–Kier alpha value is -3.29. The molecule has 1 aliphatic heterocycles. The Bertz CT molecular complexity index is 1030. The summed E-state index contributed by atoms with van der Waals surface area (Å²) in [5, 5.41) is 4.49. The zero-order valence-electron chi connectivity index (χ0n) is 14.6. The van der Waals surface area contributed by atoms with E-state index in [1.807, 2.05) is 4.90 Å². The summed E-state index contributed by atoms with van der Waals surface area (Å²) in [5.74, 6) is -0.409. The molecule has 0 aliphatic carbocycles. The molecule has 2 aromatic heterocycles. The summed E-state index contributed by atoms with van der Waals surface area (Å²) in [7, 11) is 0. The highest BCUT2D eigenvalue weighted by atomic mass is 19.1. The lowest BCUT2D eigenvalue weighted by atomic mass is 10.0. The average Bonchev–Trinajstić information content (AvgIpc) is 3.24. The van der Waals surface area contributed by atoms with Gasteiger partial charge in [0.1, 0.15) is 11.9 Å². The van der Waals surface area contributed by atoms with Gasteiger partial charge in [-0.15, -0.1) is 5.10 Å². The van der Waals surface area contributed by atoms with Crippen molar-refractivity contribution in [3.05, 3.63) is 59.7 Å². The molecule has 0 bridgehead atoms. The number of nitrogens with zero attached hydrogens (tertiary/aromatic N) is 4. The molecular weight excluding hydrogens is 351 g/mol. The van der Waals surface area contributed by atoms with Crippen molar-refractivity contribution in [2.45, 2.75) is 19.4 Å². The minimum absolute atomic E-state index is 0.00116. The number of fused-ring (bicyclic) bond motifs is 1. The van der Waals surface area contributed by atoms with E-state index in [-0.39, 0.29) is 18.1 Å². The number of halogens is 1. The number of imidazole rings is 1. The second-order valence-corrected chi connectivity index (χ2v) is 6.19. The predicted octanol–water partition coefficient (Wildman–Crippen LogP) is 2.57. The number of carbonyl (C=O) groups excluding carboxylic acids is 2. The molecule has 1 saturated heterocycles. The molecule has 1 atom stereocenters. The zero-order valence-corrected chi connectivity index (χ0v) is 14.6. The number of carbonyl (C=O) groups is 2. The lowest BCUT2D eigenvalue weighted by Crippen LogP contribution is -2.27. The van der Waals surface area contributed by atoms with Gasteiger partial charge in [0.05, 0.1) is 12.8 Å². The quantitative estimate of drug-likeness (QED) is 0.659. The number of ether oxygens (including phenoxy) is 1. The lowest BCUT2D eigenvalue weighted by molar-refractivity contribution is -0.118. The molecule has 0 radical (unpaired) electrons. The minimum Gasteiger partial charge on any atom is -0.461 e. The average molecular weight is 368 g/mol. The third-order valence-electron chi connectivity index (χ3n) is 4.51. The summed E-state index contributed by atoms with van der Waals surface area (Å²) in [6, 6.07) is 8.86. The molecule has 4 rings (SSSR count). The topological polar surface area (TPSA) is 76.8 Å². The molecule has 1 aliphatic rings. The number of rotatable bonds is 4. The maximum atomic E-state index is 13.6. The van der Waals surface area contributed by atoms with Crippen LogP contribution in [0.1, 0.15) is 35.4 Å². The Kier molecular flexibility index (Phi) is 4.31. The molecule has 0 spiro atoms. The maximum Gasteiger partial charge on any atom is 0.358 e. The first-order valence-electron chi connectivity index (χ1n) is 8.65. The Morgan fingerprint density at radius 1 is 1.33 bits per heavy atom.